The van der Waals surface area contributed by atoms with Gasteiger partial charge in [0, 0.05) is 12.5 Å². The number of halogens is 1. The van der Waals surface area contributed by atoms with Gasteiger partial charge in [-0.25, -0.2) is 0 Å². The minimum Gasteiger partial charge on any atom is -0.377 e. The van der Waals surface area contributed by atoms with E-state index in [0.717, 1.165) is 38.9 Å². The van der Waals surface area contributed by atoms with Crippen LogP contribution < -0.4 is 5.32 Å². The Morgan fingerprint density at radius 2 is 2.12 bits per heavy atom. The summed E-state index contributed by atoms with van der Waals surface area (Å²) >= 11 is 0. The smallest absolute Gasteiger partial charge is 0.226 e. The maximum absolute atomic E-state index is 12.4. The summed E-state index contributed by atoms with van der Waals surface area (Å²) in [6.07, 6.45) is 2.98. The molecule has 17 heavy (non-hydrogen) atoms. The van der Waals surface area contributed by atoms with Crippen LogP contribution >= 0.6 is 12.4 Å². The highest BCUT2D eigenvalue weighted by molar-refractivity contribution is 5.85. The first-order chi connectivity index (χ1) is 7.83. The molecule has 1 atom stereocenters. The van der Waals surface area contributed by atoms with Gasteiger partial charge in [0.05, 0.1) is 19.3 Å². The van der Waals surface area contributed by atoms with Gasteiger partial charge in [0.1, 0.15) is 0 Å². The van der Waals surface area contributed by atoms with Crippen molar-refractivity contribution in [2.45, 2.75) is 32.2 Å². The van der Waals surface area contributed by atoms with E-state index in [1.54, 1.807) is 0 Å². The summed E-state index contributed by atoms with van der Waals surface area (Å²) in [5, 5.41) is 3.30. The van der Waals surface area contributed by atoms with Crippen LogP contribution in [0.1, 0.15) is 26.2 Å². The maximum Gasteiger partial charge on any atom is 0.226 e. The Hall–Kier alpha value is -0.320. The molecule has 2 saturated heterocycles. The molecule has 4 nitrogen and oxygen atoms in total. The lowest BCUT2D eigenvalue weighted by atomic mass is 9.95. The van der Waals surface area contributed by atoms with Gasteiger partial charge in [-0.2, -0.15) is 0 Å². The van der Waals surface area contributed by atoms with Crippen LogP contribution in [0.4, 0.5) is 0 Å². The van der Waals surface area contributed by atoms with Crippen LogP contribution in [0.3, 0.4) is 0 Å². The highest BCUT2D eigenvalue weighted by atomic mass is 35.5. The lowest BCUT2D eigenvalue weighted by molar-refractivity contribution is -0.145. The Kier molecular flexibility index (Phi) is 6.23. The molecule has 0 aromatic rings. The molecule has 1 amide bonds. The van der Waals surface area contributed by atoms with Crippen molar-refractivity contribution in [3.8, 4) is 0 Å². The fourth-order valence-corrected chi connectivity index (χ4v) is 2.59. The van der Waals surface area contributed by atoms with Gasteiger partial charge in [0.2, 0.25) is 5.91 Å². The Balaban J connectivity index is 0.00000144. The Morgan fingerprint density at radius 3 is 2.76 bits per heavy atom. The van der Waals surface area contributed by atoms with Crippen LogP contribution in [-0.2, 0) is 9.53 Å². The Bertz CT molecular complexity index is 245. The lowest BCUT2D eigenvalue weighted by Crippen LogP contribution is -2.51. The van der Waals surface area contributed by atoms with Crippen LogP contribution in [0.5, 0.6) is 0 Å². The van der Waals surface area contributed by atoms with Gasteiger partial charge in [0.15, 0.2) is 0 Å². The average Bonchev–Trinajstić information content (AvgIpc) is 2.39. The number of morpholine rings is 1. The second-order valence-electron chi connectivity index (χ2n) is 4.69. The minimum absolute atomic E-state index is 0. The third-order valence-corrected chi connectivity index (χ3v) is 3.67. The normalized spacial score (nSPS) is 26.4. The van der Waals surface area contributed by atoms with Crippen molar-refractivity contribution in [3.63, 3.8) is 0 Å². The molecule has 0 radical (unpaired) electrons. The Morgan fingerprint density at radius 1 is 1.41 bits per heavy atom. The molecule has 2 rings (SSSR count). The maximum atomic E-state index is 12.4. The topological polar surface area (TPSA) is 41.6 Å². The standard InChI is InChI=1S/C12H22N2O2.ClH/c1-2-11-9-16-8-7-14(11)12(15)10-3-5-13-6-4-10;/h10-11,13H,2-9H2,1H3;1H. The second kappa shape index (κ2) is 7.19. The number of hydrogen-bond donors (Lipinski definition) is 1. The molecular formula is C12H23ClN2O2. The summed E-state index contributed by atoms with van der Waals surface area (Å²) in [6.45, 7) is 6.29. The number of piperidine rings is 1. The van der Waals surface area contributed by atoms with Crippen LogP contribution in [0.15, 0.2) is 0 Å². The van der Waals surface area contributed by atoms with Crippen molar-refractivity contribution in [1.82, 2.24) is 10.2 Å². The quantitative estimate of drug-likeness (QED) is 0.809. The summed E-state index contributed by atoms with van der Waals surface area (Å²) in [5.41, 5.74) is 0. The number of carbonyl (C=O) groups excluding carboxylic acids is 1. The highest BCUT2D eigenvalue weighted by Gasteiger charge is 2.31. The molecule has 1 N–H and O–H groups in total. The van der Waals surface area contributed by atoms with E-state index in [0.29, 0.717) is 25.2 Å². The predicted molar refractivity (Wildman–Crippen MR) is 69.5 cm³/mol. The molecule has 2 fully saturated rings. The van der Waals surface area contributed by atoms with E-state index in [1.165, 1.54) is 0 Å². The second-order valence-corrected chi connectivity index (χ2v) is 4.69. The van der Waals surface area contributed by atoms with E-state index >= 15 is 0 Å². The molecule has 0 bridgehead atoms. The number of ether oxygens (including phenoxy) is 1. The molecule has 2 heterocycles. The first-order valence-corrected chi connectivity index (χ1v) is 6.42. The van der Waals surface area contributed by atoms with Crippen LogP contribution in [0, 0.1) is 5.92 Å². The molecule has 0 saturated carbocycles. The number of amides is 1. The molecule has 2 aliphatic rings. The van der Waals surface area contributed by atoms with Gasteiger partial charge in [-0.15, -0.1) is 12.4 Å². The largest absolute Gasteiger partial charge is 0.377 e. The third kappa shape index (κ3) is 3.57. The van der Waals surface area contributed by atoms with Crippen molar-refractivity contribution in [1.29, 1.82) is 0 Å². The molecule has 0 aromatic carbocycles. The third-order valence-electron chi connectivity index (χ3n) is 3.67. The van der Waals surface area contributed by atoms with Gasteiger partial charge in [-0.3, -0.25) is 4.79 Å². The van der Waals surface area contributed by atoms with Gasteiger partial charge in [-0.05, 0) is 32.4 Å². The van der Waals surface area contributed by atoms with E-state index < -0.39 is 0 Å². The summed E-state index contributed by atoms with van der Waals surface area (Å²) < 4.78 is 5.43. The highest BCUT2D eigenvalue weighted by Crippen LogP contribution is 2.19. The molecular weight excluding hydrogens is 240 g/mol. The summed E-state index contributed by atoms with van der Waals surface area (Å²) in [6, 6.07) is 0.302. The number of rotatable bonds is 2. The van der Waals surface area contributed by atoms with Gasteiger partial charge < -0.3 is 15.0 Å². The molecule has 2 aliphatic heterocycles. The number of nitrogens with zero attached hydrogens (tertiary/aromatic N) is 1. The zero-order chi connectivity index (χ0) is 11.4. The van der Waals surface area contributed by atoms with Crippen molar-refractivity contribution >= 4 is 18.3 Å². The first kappa shape index (κ1) is 14.7. The van der Waals surface area contributed by atoms with Crippen LogP contribution in [0.25, 0.3) is 0 Å². The predicted octanol–water partition coefficient (Wildman–Crippen LogP) is 1.05. The zero-order valence-corrected chi connectivity index (χ0v) is 11.3. The molecule has 100 valence electrons. The lowest BCUT2D eigenvalue weighted by Gasteiger charge is -2.38. The van der Waals surface area contributed by atoms with Crippen molar-refractivity contribution in [2.75, 3.05) is 32.8 Å². The molecule has 1 unspecified atom stereocenters. The van der Waals surface area contributed by atoms with Gasteiger partial charge in [-0.1, -0.05) is 6.92 Å². The van der Waals surface area contributed by atoms with Crippen LogP contribution in [0.2, 0.25) is 0 Å². The van der Waals surface area contributed by atoms with Crippen LogP contribution in [-0.4, -0.2) is 49.7 Å². The zero-order valence-electron chi connectivity index (χ0n) is 10.5. The van der Waals surface area contributed by atoms with Crippen molar-refractivity contribution in [2.24, 2.45) is 5.92 Å². The SMILES string of the molecule is CCC1COCCN1C(=O)C1CCNCC1.Cl. The molecule has 5 heteroatoms. The number of nitrogens with one attached hydrogen (secondary N) is 1. The summed E-state index contributed by atoms with van der Waals surface area (Å²) in [4.78, 5) is 14.4. The average molecular weight is 263 g/mol. The van der Waals surface area contributed by atoms with Gasteiger partial charge in [0.25, 0.3) is 0 Å². The summed E-state index contributed by atoms with van der Waals surface area (Å²) in [7, 11) is 0. The van der Waals surface area contributed by atoms with E-state index in [1.807, 2.05) is 0 Å². The number of hydrogen-bond acceptors (Lipinski definition) is 3. The fourth-order valence-electron chi connectivity index (χ4n) is 2.59. The van der Waals surface area contributed by atoms with Crippen molar-refractivity contribution < 1.29 is 9.53 Å². The number of carbonyl (C=O) groups is 1. The molecule has 0 aromatic heterocycles. The Labute approximate surface area is 109 Å². The van der Waals surface area contributed by atoms with E-state index in [4.69, 9.17) is 4.74 Å². The first-order valence-electron chi connectivity index (χ1n) is 6.42. The van der Waals surface area contributed by atoms with Gasteiger partial charge >= 0.3 is 0 Å². The van der Waals surface area contributed by atoms with Crippen molar-refractivity contribution in [3.05, 3.63) is 0 Å². The minimum atomic E-state index is 0. The molecule has 0 aliphatic carbocycles. The van der Waals surface area contributed by atoms with E-state index in [9.17, 15) is 4.79 Å². The van der Waals surface area contributed by atoms with E-state index in [2.05, 4.69) is 17.1 Å². The van der Waals surface area contributed by atoms with E-state index in [-0.39, 0.29) is 18.3 Å². The summed E-state index contributed by atoms with van der Waals surface area (Å²) in [5.74, 6) is 0.602. The molecule has 0 spiro atoms. The fraction of sp³-hybridized carbons (Fsp3) is 0.917. The monoisotopic (exact) mass is 262 g/mol.